The van der Waals surface area contributed by atoms with E-state index in [1.165, 1.54) is 6.42 Å². The molecule has 0 bridgehead atoms. The SMILES string of the molecule is CC(C)N(CCCCN(C)CC(O)=S)C(C)C. The zero-order valence-corrected chi connectivity index (χ0v) is 12.8. The van der Waals surface area contributed by atoms with Crippen molar-refractivity contribution in [3.8, 4) is 0 Å². The highest BCUT2D eigenvalue weighted by molar-refractivity contribution is 7.80. The molecule has 0 aromatic rings. The van der Waals surface area contributed by atoms with Gasteiger partial charge in [0.15, 0.2) is 5.05 Å². The number of nitrogens with zero attached hydrogens (tertiary/aromatic N) is 2. The second kappa shape index (κ2) is 8.84. The van der Waals surface area contributed by atoms with Crippen LogP contribution >= 0.6 is 12.2 Å². The summed E-state index contributed by atoms with van der Waals surface area (Å²) in [6.07, 6.45) is 2.34. The van der Waals surface area contributed by atoms with Gasteiger partial charge in [-0.1, -0.05) is 0 Å². The van der Waals surface area contributed by atoms with E-state index >= 15 is 0 Å². The van der Waals surface area contributed by atoms with Crippen LogP contribution in [0.25, 0.3) is 0 Å². The minimum Gasteiger partial charge on any atom is -0.501 e. The fourth-order valence-electron chi connectivity index (χ4n) is 2.10. The molecule has 102 valence electrons. The molecule has 1 N–H and O–H groups in total. The summed E-state index contributed by atoms with van der Waals surface area (Å²) in [5, 5.41) is 9.08. The molecule has 17 heavy (non-hydrogen) atoms. The van der Waals surface area contributed by atoms with Crippen LogP contribution in [0.4, 0.5) is 0 Å². The van der Waals surface area contributed by atoms with Gasteiger partial charge in [-0.05, 0) is 72.9 Å². The van der Waals surface area contributed by atoms with E-state index in [0.29, 0.717) is 18.6 Å². The Kier molecular flexibility index (Phi) is 8.74. The van der Waals surface area contributed by atoms with Gasteiger partial charge in [0.05, 0.1) is 6.54 Å². The van der Waals surface area contributed by atoms with E-state index < -0.39 is 0 Å². The standard InChI is InChI=1S/C13H28N2OS/c1-11(2)15(12(3)4)9-7-6-8-14(5)10-13(16)17/h11-12H,6-10H2,1-5H3,(H,16,17). The minimum atomic E-state index is 0.0819. The van der Waals surface area contributed by atoms with Gasteiger partial charge in [-0.3, -0.25) is 9.80 Å². The van der Waals surface area contributed by atoms with Crippen LogP contribution in [-0.4, -0.2) is 58.7 Å². The summed E-state index contributed by atoms with van der Waals surface area (Å²) in [4.78, 5) is 4.58. The second-order valence-corrected chi connectivity index (χ2v) is 5.74. The average molecular weight is 260 g/mol. The molecule has 0 heterocycles. The molecule has 0 saturated heterocycles. The Morgan fingerprint density at radius 2 is 1.53 bits per heavy atom. The fraction of sp³-hybridized carbons (Fsp3) is 0.923. The molecule has 0 fully saturated rings. The summed E-state index contributed by atoms with van der Waals surface area (Å²) >= 11 is 4.67. The van der Waals surface area contributed by atoms with Crippen molar-refractivity contribution in [1.82, 2.24) is 9.80 Å². The molecule has 4 heteroatoms. The van der Waals surface area contributed by atoms with E-state index in [1.54, 1.807) is 0 Å². The van der Waals surface area contributed by atoms with Crippen LogP contribution in [0.5, 0.6) is 0 Å². The van der Waals surface area contributed by atoms with Crippen molar-refractivity contribution in [1.29, 1.82) is 0 Å². The summed E-state index contributed by atoms with van der Waals surface area (Å²) in [5.74, 6) is 0. The molecule has 0 aliphatic heterocycles. The summed E-state index contributed by atoms with van der Waals surface area (Å²) < 4.78 is 0. The summed E-state index contributed by atoms with van der Waals surface area (Å²) in [7, 11) is 1.99. The maximum absolute atomic E-state index is 8.99. The first-order chi connectivity index (χ1) is 7.84. The third-order valence-corrected chi connectivity index (χ3v) is 3.07. The predicted octanol–water partition coefficient (Wildman–Crippen LogP) is 2.70. The monoisotopic (exact) mass is 260 g/mol. The van der Waals surface area contributed by atoms with Crippen LogP contribution < -0.4 is 0 Å². The topological polar surface area (TPSA) is 26.7 Å². The number of hydrogen-bond acceptors (Lipinski definition) is 3. The van der Waals surface area contributed by atoms with E-state index in [0.717, 1.165) is 19.5 Å². The molecule has 0 radical (unpaired) electrons. The van der Waals surface area contributed by atoms with Crippen LogP contribution in [0, 0.1) is 0 Å². The van der Waals surface area contributed by atoms with Gasteiger partial charge in [0, 0.05) is 12.1 Å². The molecule has 0 atom stereocenters. The van der Waals surface area contributed by atoms with Gasteiger partial charge < -0.3 is 5.11 Å². The molecule has 0 saturated carbocycles. The number of rotatable bonds is 9. The number of hydrogen-bond donors (Lipinski definition) is 1. The van der Waals surface area contributed by atoms with Gasteiger partial charge in [-0.15, -0.1) is 0 Å². The Morgan fingerprint density at radius 3 is 1.94 bits per heavy atom. The average Bonchev–Trinajstić information content (AvgIpc) is 2.14. The number of likely N-dealkylation sites (N-methyl/N-ethyl adjacent to an activating group) is 1. The maximum Gasteiger partial charge on any atom is 0.170 e. The number of aliphatic hydroxyl groups is 1. The Morgan fingerprint density at radius 1 is 1.06 bits per heavy atom. The quantitative estimate of drug-likeness (QED) is 0.509. The maximum atomic E-state index is 8.99. The summed E-state index contributed by atoms with van der Waals surface area (Å²) in [6.45, 7) is 11.6. The normalized spacial score (nSPS) is 12.1. The highest BCUT2D eigenvalue weighted by Crippen LogP contribution is 2.07. The Hall–Kier alpha value is -0.190. The molecular formula is C13H28N2OS. The van der Waals surface area contributed by atoms with Gasteiger partial charge in [-0.25, -0.2) is 0 Å². The highest BCUT2D eigenvalue weighted by atomic mass is 32.1. The Labute approximate surface area is 112 Å². The largest absolute Gasteiger partial charge is 0.501 e. The van der Waals surface area contributed by atoms with Crippen molar-refractivity contribution < 1.29 is 5.11 Å². The Bertz CT molecular complexity index is 211. The van der Waals surface area contributed by atoms with Crippen molar-refractivity contribution in [3.05, 3.63) is 0 Å². The fourth-order valence-corrected chi connectivity index (χ4v) is 2.32. The molecule has 0 aliphatic carbocycles. The molecule has 3 nitrogen and oxygen atoms in total. The van der Waals surface area contributed by atoms with E-state index in [4.69, 9.17) is 5.11 Å². The second-order valence-electron chi connectivity index (χ2n) is 5.26. The van der Waals surface area contributed by atoms with Crippen molar-refractivity contribution in [2.75, 3.05) is 26.7 Å². The van der Waals surface area contributed by atoms with E-state index in [1.807, 2.05) is 7.05 Å². The zero-order valence-electron chi connectivity index (χ0n) is 11.9. The van der Waals surface area contributed by atoms with Crippen LogP contribution in [0.1, 0.15) is 40.5 Å². The first-order valence-electron chi connectivity index (χ1n) is 6.50. The number of thiocarbonyl (C=S) groups is 1. The van der Waals surface area contributed by atoms with Crippen LogP contribution in [0.2, 0.25) is 0 Å². The highest BCUT2D eigenvalue weighted by Gasteiger charge is 2.12. The van der Waals surface area contributed by atoms with Crippen LogP contribution in [-0.2, 0) is 0 Å². The first-order valence-corrected chi connectivity index (χ1v) is 6.91. The summed E-state index contributed by atoms with van der Waals surface area (Å²) in [5.41, 5.74) is 0. The predicted molar refractivity (Wildman–Crippen MR) is 78.9 cm³/mol. The lowest BCUT2D eigenvalue weighted by Gasteiger charge is -2.30. The third kappa shape index (κ3) is 8.52. The van der Waals surface area contributed by atoms with Crippen LogP contribution in [0.15, 0.2) is 0 Å². The van der Waals surface area contributed by atoms with Gasteiger partial charge in [0.25, 0.3) is 0 Å². The Balaban J connectivity index is 3.71. The van der Waals surface area contributed by atoms with E-state index in [2.05, 4.69) is 49.7 Å². The lowest BCUT2D eigenvalue weighted by Crippen LogP contribution is -2.38. The zero-order chi connectivity index (χ0) is 13.4. The van der Waals surface area contributed by atoms with Crippen molar-refractivity contribution in [2.24, 2.45) is 0 Å². The lowest BCUT2D eigenvalue weighted by molar-refractivity contribution is 0.169. The van der Waals surface area contributed by atoms with Crippen molar-refractivity contribution >= 4 is 17.3 Å². The molecule has 0 rings (SSSR count). The molecule has 0 aromatic heterocycles. The van der Waals surface area contributed by atoms with E-state index in [9.17, 15) is 0 Å². The van der Waals surface area contributed by atoms with Gasteiger partial charge in [-0.2, -0.15) is 0 Å². The molecule has 0 unspecified atom stereocenters. The molecular weight excluding hydrogens is 232 g/mol. The third-order valence-electron chi connectivity index (χ3n) is 2.94. The molecule has 0 amide bonds. The van der Waals surface area contributed by atoms with Gasteiger partial charge in [0.2, 0.25) is 0 Å². The van der Waals surface area contributed by atoms with E-state index in [-0.39, 0.29) is 5.05 Å². The van der Waals surface area contributed by atoms with Gasteiger partial charge >= 0.3 is 0 Å². The van der Waals surface area contributed by atoms with Crippen LogP contribution in [0.3, 0.4) is 0 Å². The molecule has 0 aromatic carbocycles. The molecule has 0 spiro atoms. The summed E-state index contributed by atoms with van der Waals surface area (Å²) in [6, 6.07) is 1.22. The first kappa shape index (κ1) is 16.8. The smallest absolute Gasteiger partial charge is 0.170 e. The number of aliphatic hydroxyl groups excluding tert-OH is 1. The van der Waals surface area contributed by atoms with Crippen molar-refractivity contribution in [2.45, 2.75) is 52.6 Å². The van der Waals surface area contributed by atoms with Crippen molar-refractivity contribution in [3.63, 3.8) is 0 Å². The number of unbranched alkanes of at least 4 members (excludes halogenated alkanes) is 1. The minimum absolute atomic E-state index is 0.0819. The van der Waals surface area contributed by atoms with Gasteiger partial charge in [0.1, 0.15) is 0 Å². The molecule has 0 aliphatic rings. The lowest BCUT2D eigenvalue weighted by atomic mass is 10.2.